The SMILES string of the molecule is O.O.O.O.O.O.O=[N+]([O-])[O-].O=[N+]([O-])[O-].O=[N+]([O-])[O-].[Fe+3]. The second-order valence-electron chi connectivity index (χ2n) is 0.671. The van der Waals surface area contributed by atoms with E-state index >= 15 is 0 Å². The van der Waals surface area contributed by atoms with Gasteiger partial charge in [-0.25, -0.2) is 0 Å². The topological polar surface area (TPSA) is 388 Å². The van der Waals surface area contributed by atoms with E-state index in [1.807, 2.05) is 0 Å². The van der Waals surface area contributed by atoms with Crippen LogP contribution in [0.2, 0.25) is 0 Å². The predicted octanol–water partition coefficient (Wildman–Crippen LogP) is -5.67. The molecule has 0 aromatic carbocycles. The van der Waals surface area contributed by atoms with Crippen LogP contribution in [0, 0.1) is 46.0 Å². The van der Waals surface area contributed by atoms with Crippen LogP contribution in [-0.2, 0) is 17.1 Å². The van der Waals surface area contributed by atoms with Gasteiger partial charge < -0.3 is 78.8 Å². The molecule has 0 aromatic heterocycles. The van der Waals surface area contributed by atoms with Crippen LogP contribution in [0.5, 0.6) is 0 Å². The predicted molar refractivity (Wildman–Crippen MR) is 52.8 cm³/mol. The van der Waals surface area contributed by atoms with Crippen LogP contribution < -0.4 is 0 Å². The maximum Gasteiger partial charge on any atom is 3.00 e. The maximum absolute atomic E-state index is 8.25. The summed E-state index contributed by atoms with van der Waals surface area (Å²) in [6.45, 7) is 0. The van der Waals surface area contributed by atoms with Gasteiger partial charge in [-0.1, -0.05) is 0 Å². The van der Waals surface area contributed by atoms with Gasteiger partial charge in [-0.3, -0.25) is 0 Å². The van der Waals surface area contributed by atoms with Gasteiger partial charge in [-0.2, -0.15) is 0 Å². The molecule has 125 valence electrons. The molecule has 0 atom stereocenters. The Kier molecular flexibility index (Phi) is 352. The van der Waals surface area contributed by atoms with Crippen LogP contribution in [0.15, 0.2) is 0 Å². The average molecular weight is 350 g/mol. The Balaban J connectivity index is -0.00000000675. The van der Waals surface area contributed by atoms with E-state index < -0.39 is 15.3 Å². The van der Waals surface area contributed by atoms with Crippen LogP contribution >= 0.6 is 0 Å². The molecular weight excluding hydrogens is 338 g/mol. The van der Waals surface area contributed by atoms with Crippen LogP contribution in [0.3, 0.4) is 0 Å². The van der Waals surface area contributed by atoms with E-state index in [1.165, 1.54) is 0 Å². The molecule has 0 amide bonds. The number of hydrogen-bond acceptors (Lipinski definition) is 9. The van der Waals surface area contributed by atoms with Crippen molar-refractivity contribution >= 4 is 0 Å². The molecule has 12 N–H and O–H groups in total. The molecule has 0 aliphatic heterocycles. The Hall–Kier alpha value is -2.12. The van der Waals surface area contributed by atoms with Gasteiger partial charge in [0, 0.05) is 0 Å². The second kappa shape index (κ2) is 74.3. The van der Waals surface area contributed by atoms with Gasteiger partial charge in [-0.05, 0) is 0 Å². The van der Waals surface area contributed by atoms with Gasteiger partial charge >= 0.3 is 17.1 Å². The fourth-order valence-electron chi connectivity index (χ4n) is 0. The fourth-order valence-corrected chi connectivity index (χ4v) is 0. The van der Waals surface area contributed by atoms with Crippen molar-refractivity contribution in [2.45, 2.75) is 0 Å². The van der Waals surface area contributed by atoms with Gasteiger partial charge in [-0.15, -0.1) is 0 Å². The molecule has 0 unspecified atom stereocenters. The van der Waals surface area contributed by atoms with Crippen LogP contribution in [0.25, 0.3) is 0 Å². The molecule has 0 aromatic rings. The van der Waals surface area contributed by atoms with Crippen LogP contribution in [0.4, 0.5) is 0 Å². The molecule has 19 heavy (non-hydrogen) atoms. The van der Waals surface area contributed by atoms with Crippen molar-refractivity contribution in [1.82, 2.24) is 0 Å². The molecular formula is H12FeN3O15. The smallest absolute Gasteiger partial charge is 0.412 e. The quantitative estimate of drug-likeness (QED) is 0.227. The van der Waals surface area contributed by atoms with Crippen LogP contribution in [-0.4, -0.2) is 48.1 Å². The summed E-state index contributed by atoms with van der Waals surface area (Å²) >= 11 is 0. The van der Waals surface area contributed by atoms with Crippen molar-refractivity contribution in [3.8, 4) is 0 Å². The van der Waals surface area contributed by atoms with Crippen molar-refractivity contribution in [3.05, 3.63) is 46.0 Å². The molecule has 19 heteroatoms. The zero-order chi connectivity index (χ0) is 10.7. The van der Waals surface area contributed by atoms with Crippen molar-refractivity contribution in [1.29, 1.82) is 0 Å². The molecule has 0 aliphatic rings. The van der Waals surface area contributed by atoms with Gasteiger partial charge in [0.1, 0.15) is 0 Å². The second-order valence-corrected chi connectivity index (χ2v) is 0.671. The number of rotatable bonds is 0. The summed E-state index contributed by atoms with van der Waals surface area (Å²) in [6, 6.07) is 0. The number of hydrogen-bond donors (Lipinski definition) is 0. The first-order valence-electron chi connectivity index (χ1n) is 1.64. The Labute approximate surface area is 112 Å². The van der Waals surface area contributed by atoms with Crippen molar-refractivity contribution in [2.24, 2.45) is 0 Å². The first kappa shape index (κ1) is 89.9. The monoisotopic (exact) mass is 350 g/mol. The van der Waals surface area contributed by atoms with Gasteiger partial charge in [0.2, 0.25) is 0 Å². The Morgan fingerprint density at radius 2 is 0.421 bits per heavy atom. The third-order valence-corrected chi connectivity index (χ3v) is 0. The normalized spacial score (nSPS) is 3.79. The summed E-state index contributed by atoms with van der Waals surface area (Å²) in [7, 11) is 0. The molecule has 0 saturated carbocycles. The molecule has 0 bridgehead atoms. The van der Waals surface area contributed by atoms with E-state index in [1.54, 1.807) is 0 Å². The summed E-state index contributed by atoms with van der Waals surface area (Å²) in [5, 5.41) is 44.2. The molecule has 18 nitrogen and oxygen atoms in total. The van der Waals surface area contributed by atoms with E-state index in [-0.39, 0.29) is 49.9 Å². The zero-order valence-electron chi connectivity index (χ0n) is 8.37. The average Bonchev–Trinajstić information content (AvgIpc) is 1.54. The van der Waals surface area contributed by atoms with E-state index in [4.69, 9.17) is 46.0 Å². The molecule has 0 saturated heterocycles. The Morgan fingerprint density at radius 3 is 0.421 bits per heavy atom. The summed E-state index contributed by atoms with van der Waals surface area (Å²) in [5.74, 6) is 0. The third kappa shape index (κ3) is 680. The van der Waals surface area contributed by atoms with E-state index in [2.05, 4.69) is 0 Å². The van der Waals surface area contributed by atoms with Gasteiger partial charge in [0.05, 0.1) is 15.3 Å². The molecule has 0 aliphatic carbocycles. The van der Waals surface area contributed by atoms with Crippen molar-refractivity contribution in [2.75, 3.05) is 0 Å². The Morgan fingerprint density at radius 1 is 0.421 bits per heavy atom. The van der Waals surface area contributed by atoms with E-state index in [0.29, 0.717) is 0 Å². The third-order valence-electron chi connectivity index (χ3n) is 0. The minimum atomic E-state index is -1.75. The molecule has 0 heterocycles. The standard InChI is InChI=1S/Fe.3NO3.6H2O/c;3*2-1(3)4;;;;;;/h;;;;6*1H2/q+3;3*-1;;;;;;. The number of nitrogens with zero attached hydrogens (tertiary/aromatic N) is 3. The first-order valence-corrected chi connectivity index (χ1v) is 1.64. The van der Waals surface area contributed by atoms with E-state index in [9.17, 15) is 0 Å². The van der Waals surface area contributed by atoms with Crippen molar-refractivity contribution in [3.63, 3.8) is 0 Å². The summed E-state index contributed by atoms with van der Waals surface area (Å²) in [5.41, 5.74) is 0. The largest absolute Gasteiger partial charge is 3.00 e. The van der Waals surface area contributed by atoms with Gasteiger partial charge in [0.25, 0.3) is 0 Å². The molecule has 0 fully saturated rings. The summed E-state index contributed by atoms with van der Waals surface area (Å²) < 4.78 is 0. The van der Waals surface area contributed by atoms with Gasteiger partial charge in [0.15, 0.2) is 0 Å². The molecule has 0 spiro atoms. The minimum absolute atomic E-state index is 0. The van der Waals surface area contributed by atoms with Crippen LogP contribution in [0.1, 0.15) is 0 Å². The molecule has 0 rings (SSSR count). The summed E-state index contributed by atoms with van der Waals surface area (Å²) in [4.78, 5) is 24.8. The maximum atomic E-state index is 8.25. The fraction of sp³-hybridized carbons (Fsp3) is 0. The Bertz CT molecular complexity index is 115. The summed E-state index contributed by atoms with van der Waals surface area (Å²) in [6.07, 6.45) is 0. The molecule has 1 radical (unpaired) electrons. The first-order chi connectivity index (χ1) is 5.20. The van der Waals surface area contributed by atoms with Crippen molar-refractivity contribution < 1.29 is 65.2 Å². The zero-order valence-corrected chi connectivity index (χ0v) is 9.47. The van der Waals surface area contributed by atoms with E-state index in [0.717, 1.165) is 0 Å². The minimum Gasteiger partial charge on any atom is -0.412 e.